The number of carbonyl (C=O) groups excluding carboxylic acids is 12. The zero-order valence-corrected chi connectivity index (χ0v) is 45.5. The fourth-order valence-corrected chi connectivity index (χ4v) is 8.67. The SMILES string of the molecule is CC(C)C[C@H](NC(=O)CNC(=O)[C@H](CCCN=C(N)N)NC(=O)[C@@H]1CCCN1C(=O)CNC(=O)[C@H](Cc1ccccc1)NC(=O)[C@H](C)NC(=O)CN)C(=O)N[C@@H](C)C(=O)NCC(=O)N1CCC[C@H]1C(=O)N[C@@H](CCC(N)=O)C(=O)O. The van der Waals surface area contributed by atoms with Gasteiger partial charge in [0.05, 0.1) is 26.2 Å². The Bertz CT molecular complexity index is 2420. The highest BCUT2D eigenvalue weighted by Gasteiger charge is 2.38. The van der Waals surface area contributed by atoms with E-state index in [1.165, 1.54) is 23.6 Å². The summed E-state index contributed by atoms with van der Waals surface area (Å²) in [6, 6.07) is -0.736. The van der Waals surface area contributed by atoms with Gasteiger partial charge in [-0.1, -0.05) is 44.2 Å². The highest BCUT2D eigenvalue weighted by Crippen LogP contribution is 2.20. The number of amides is 12. The van der Waals surface area contributed by atoms with E-state index in [9.17, 15) is 67.4 Å². The third-order valence-electron chi connectivity index (χ3n) is 12.9. The monoisotopic (exact) mass is 1130 g/mol. The Morgan fingerprint density at radius 1 is 0.600 bits per heavy atom. The number of nitrogens with one attached hydrogen (secondary N) is 9. The fourth-order valence-electron chi connectivity index (χ4n) is 8.67. The minimum Gasteiger partial charge on any atom is -0.480 e. The molecule has 0 bridgehead atoms. The predicted octanol–water partition coefficient (Wildman–Crippen LogP) is -6.08. The van der Waals surface area contributed by atoms with E-state index in [1.54, 1.807) is 44.2 Å². The van der Waals surface area contributed by atoms with Crippen molar-refractivity contribution in [1.82, 2.24) is 57.7 Å². The molecule has 18 N–H and O–H groups in total. The molecule has 2 aliphatic rings. The summed E-state index contributed by atoms with van der Waals surface area (Å²) in [5.74, 6) is -10.4. The van der Waals surface area contributed by atoms with Gasteiger partial charge in [0, 0.05) is 32.5 Å². The maximum absolute atomic E-state index is 13.9. The molecule has 442 valence electrons. The standard InChI is InChI=1S/C50H78N16O14/c1-27(2)21-33(46(76)60-28(3)42(72)57-25-40(70)66-20-10-15-36(66)48(78)63-32(49(79)80)16-17-37(52)67)61-39(69)24-56-44(74)31(13-8-18-55-50(53)54)62-47(77)35-14-9-19-65(35)41(71)26-58-45(75)34(22-30-11-6-5-7-12-30)64-43(73)29(4)59-38(68)23-51/h5-7,11-12,27-29,31-36H,8-10,13-26,51H2,1-4H3,(H2,52,67)(H,56,74)(H,57,72)(H,58,75)(H,59,68)(H,60,76)(H,61,69)(H,62,77)(H,63,78)(H,64,73)(H,79,80)(H4,53,54,55)/t28-,29-,31-,32-,33-,34-,35-,36-/m0/s1. The number of guanidine groups is 1. The van der Waals surface area contributed by atoms with Crippen LogP contribution in [-0.4, -0.2) is 192 Å². The first-order valence-electron chi connectivity index (χ1n) is 26.3. The van der Waals surface area contributed by atoms with Crippen molar-refractivity contribution in [3.8, 4) is 0 Å². The van der Waals surface area contributed by atoms with E-state index in [4.69, 9.17) is 22.9 Å². The number of carbonyl (C=O) groups is 13. The van der Waals surface area contributed by atoms with Crippen LogP contribution in [0.5, 0.6) is 0 Å². The Labute approximate surface area is 462 Å². The van der Waals surface area contributed by atoms with Gasteiger partial charge in [0.2, 0.25) is 70.9 Å². The van der Waals surface area contributed by atoms with Gasteiger partial charge in [-0.25, -0.2) is 4.79 Å². The maximum Gasteiger partial charge on any atom is 0.326 e. The topological polar surface area (TPSA) is 473 Å². The third-order valence-corrected chi connectivity index (χ3v) is 12.9. The van der Waals surface area contributed by atoms with E-state index in [0.29, 0.717) is 18.4 Å². The van der Waals surface area contributed by atoms with Crippen LogP contribution in [0.15, 0.2) is 35.3 Å². The van der Waals surface area contributed by atoms with Gasteiger partial charge in [-0.3, -0.25) is 62.5 Å². The van der Waals surface area contributed by atoms with Gasteiger partial charge in [0.1, 0.15) is 48.3 Å². The number of hydrogen-bond acceptors (Lipinski definition) is 15. The predicted molar refractivity (Wildman–Crippen MR) is 286 cm³/mol. The second kappa shape index (κ2) is 33.1. The van der Waals surface area contributed by atoms with Crippen molar-refractivity contribution in [3.05, 3.63) is 35.9 Å². The number of aliphatic carboxylic acids is 1. The van der Waals surface area contributed by atoms with E-state index < -0.39 is 145 Å². The fraction of sp³-hybridized carbons (Fsp3) is 0.600. The van der Waals surface area contributed by atoms with Crippen LogP contribution in [0.2, 0.25) is 0 Å². The molecule has 1 aromatic carbocycles. The van der Waals surface area contributed by atoms with Crippen LogP contribution in [0.1, 0.15) is 91.0 Å². The molecule has 2 aliphatic heterocycles. The first kappa shape index (κ1) is 65.8. The molecule has 2 heterocycles. The van der Waals surface area contributed by atoms with Crippen LogP contribution in [0.3, 0.4) is 0 Å². The maximum atomic E-state index is 13.9. The molecule has 30 heteroatoms. The molecule has 0 unspecified atom stereocenters. The van der Waals surface area contributed by atoms with Crippen LogP contribution in [0.4, 0.5) is 0 Å². The second-order valence-corrected chi connectivity index (χ2v) is 19.8. The van der Waals surface area contributed by atoms with E-state index in [-0.39, 0.29) is 89.4 Å². The summed E-state index contributed by atoms with van der Waals surface area (Å²) < 4.78 is 0. The molecular weight excluding hydrogens is 1050 g/mol. The molecule has 2 saturated heterocycles. The molecule has 1 aromatic rings. The van der Waals surface area contributed by atoms with Crippen LogP contribution < -0.4 is 70.8 Å². The van der Waals surface area contributed by atoms with Gasteiger partial charge in [-0.2, -0.15) is 0 Å². The molecule has 12 amide bonds. The Balaban J connectivity index is 1.61. The lowest BCUT2D eigenvalue weighted by molar-refractivity contribution is -0.144. The van der Waals surface area contributed by atoms with Crippen LogP contribution in [-0.2, 0) is 68.7 Å². The first-order chi connectivity index (χ1) is 37.8. The van der Waals surface area contributed by atoms with E-state index in [2.05, 4.69) is 52.8 Å². The van der Waals surface area contributed by atoms with Crippen molar-refractivity contribution >= 4 is 82.8 Å². The van der Waals surface area contributed by atoms with Gasteiger partial charge in [0.15, 0.2) is 5.96 Å². The molecule has 2 fully saturated rings. The third kappa shape index (κ3) is 22.5. The summed E-state index contributed by atoms with van der Waals surface area (Å²) in [6.45, 7) is 4.47. The molecule has 0 aliphatic carbocycles. The number of hydrogen-bond donors (Lipinski definition) is 14. The van der Waals surface area contributed by atoms with E-state index >= 15 is 0 Å². The van der Waals surface area contributed by atoms with Crippen molar-refractivity contribution in [2.24, 2.45) is 33.8 Å². The van der Waals surface area contributed by atoms with E-state index in [0.717, 1.165) is 0 Å². The Hall–Kier alpha value is -8.44. The highest BCUT2D eigenvalue weighted by molar-refractivity contribution is 5.98. The van der Waals surface area contributed by atoms with Crippen LogP contribution in [0.25, 0.3) is 0 Å². The molecule has 0 aromatic heterocycles. The summed E-state index contributed by atoms with van der Waals surface area (Å²) in [4.78, 5) is 175. The van der Waals surface area contributed by atoms with Crippen LogP contribution >= 0.6 is 0 Å². The number of nitrogens with zero attached hydrogens (tertiary/aromatic N) is 3. The number of primary amides is 1. The van der Waals surface area contributed by atoms with Crippen molar-refractivity contribution in [3.63, 3.8) is 0 Å². The normalized spacial score (nSPS) is 16.9. The number of carboxylic acids is 1. The number of aliphatic imine (C=N–C) groups is 1. The molecular formula is C50H78N16O14. The van der Waals surface area contributed by atoms with Crippen LogP contribution in [0, 0.1) is 5.92 Å². The summed E-state index contributed by atoms with van der Waals surface area (Å²) in [6.07, 6.45) is 0.952. The number of benzene rings is 1. The molecule has 3 rings (SSSR count). The molecule has 0 saturated carbocycles. The molecule has 30 nitrogen and oxygen atoms in total. The quantitative estimate of drug-likeness (QED) is 0.0181. The second-order valence-electron chi connectivity index (χ2n) is 19.8. The zero-order chi connectivity index (χ0) is 59.6. The van der Waals surface area contributed by atoms with Crippen molar-refractivity contribution in [1.29, 1.82) is 0 Å². The first-order valence-corrected chi connectivity index (χ1v) is 26.3. The minimum atomic E-state index is -1.42. The average molecular weight is 1130 g/mol. The smallest absolute Gasteiger partial charge is 0.326 e. The molecule has 0 spiro atoms. The average Bonchev–Trinajstić information content (AvgIpc) is 4.12. The van der Waals surface area contributed by atoms with Crippen molar-refractivity contribution in [2.45, 2.75) is 140 Å². The number of likely N-dealkylation sites (tertiary alicyclic amines) is 2. The van der Waals surface area contributed by atoms with Gasteiger partial charge in [-0.15, -0.1) is 0 Å². The molecule has 8 atom stereocenters. The number of rotatable bonds is 32. The summed E-state index contributed by atoms with van der Waals surface area (Å²) in [5, 5.41) is 31.9. The summed E-state index contributed by atoms with van der Waals surface area (Å²) >= 11 is 0. The van der Waals surface area contributed by atoms with Gasteiger partial charge in [0.25, 0.3) is 0 Å². The molecule has 80 heavy (non-hydrogen) atoms. The Kier molecular flexibility index (Phi) is 27.2. The number of carboxylic acid groups (broad SMARTS) is 1. The zero-order valence-electron chi connectivity index (χ0n) is 45.5. The Morgan fingerprint density at radius 3 is 1.68 bits per heavy atom. The van der Waals surface area contributed by atoms with Crippen molar-refractivity contribution < 1.29 is 67.4 Å². The molecule has 0 radical (unpaired) electrons. The van der Waals surface area contributed by atoms with Gasteiger partial charge >= 0.3 is 5.97 Å². The summed E-state index contributed by atoms with van der Waals surface area (Å²) in [5.41, 5.74) is 22.1. The lowest BCUT2D eigenvalue weighted by Crippen LogP contribution is -2.57. The van der Waals surface area contributed by atoms with Gasteiger partial charge < -0.3 is 85.7 Å². The lowest BCUT2D eigenvalue weighted by atomic mass is 10.0. The number of nitrogens with two attached hydrogens (primary N) is 4. The highest BCUT2D eigenvalue weighted by atomic mass is 16.4. The lowest BCUT2D eigenvalue weighted by Gasteiger charge is -2.27. The minimum absolute atomic E-state index is 0.0273. The van der Waals surface area contributed by atoms with Crippen molar-refractivity contribution in [2.75, 3.05) is 45.8 Å². The summed E-state index contributed by atoms with van der Waals surface area (Å²) in [7, 11) is 0. The largest absolute Gasteiger partial charge is 0.480 e. The van der Waals surface area contributed by atoms with Gasteiger partial charge in [-0.05, 0) is 76.7 Å². The Morgan fingerprint density at radius 2 is 1.14 bits per heavy atom. The van der Waals surface area contributed by atoms with E-state index in [1.807, 2.05) is 0 Å².